The Kier molecular flexibility index (Phi) is 0.923. The molecule has 0 spiro atoms. The largest absolute Gasteiger partial charge is 0.261 e. The highest BCUT2D eigenvalue weighted by atomic mass is 32.1. The summed E-state index contributed by atoms with van der Waals surface area (Å²) in [6.07, 6.45) is 0. The van der Waals surface area contributed by atoms with E-state index in [-0.39, 0.29) is 0 Å². The molecule has 3 heteroatoms. The van der Waals surface area contributed by atoms with Crippen LogP contribution in [0.1, 0.15) is 0 Å². The molecule has 1 aromatic heterocycles. The van der Waals surface area contributed by atoms with Crippen LogP contribution in [-0.2, 0) is 0 Å². The SMILES string of the molecule is Bc1cscn1. The molecule has 0 atom stereocenters. The zero-order valence-corrected chi connectivity index (χ0v) is 4.33. The molecule has 1 nitrogen and oxygen atoms in total. The second-order valence-electron chi connectivity index (χ2n) is 1.13. The molecule has 0 N–H and O–H groups in total. The molecule has 0 aliphatic heterocycles. The molecule has 6 heavy (non-hydrogen) atoms. The summed E-state index contributed by atoms with van der Waals surface area (Å²) in [7, 11) is 1.98. The lowest BCUT2D eigenvalue weighted by molar-refractivity contribution is 1.49. The normalized spacial score (nSPS) is 8.67. The van der Waals surface area contributed by atoms with Crippen molar-refractivity contribution in [3.63, 3.8) is 0 Å². The minimum atomic E-state index is 1.11. The van der Waals surface area contributed by atoms with E-state index in [9.17, 15) is 0 Å². The smallest absolute Gasteiger partial charge is 0.165 e. The second kappa shape index (κ2) is 1.43. The lowest BCUT2D eigenvalue weighted by Gasteiger charge is -1.64. The maximum absolute atomic E-state index is 3.94. The topological polar surface area (TPSA) is 12.9 Å². The molecule has 30 valence electrons. The molecular weight excluding hydrogens is 92.9 g/mol. The van der Waals surface area contributed by atoms with E-state index >= 15 is 0 Å². The van der Waals surface area contributed by atoms with Gasteiger partial charge in [0.25, 0.3) is 0 Å². The Morgan fingerprint density at radius 3 is 2.83 bits per heavy atom. The minimum Gasteiger partial charge on any atom is -0.261 e. The summed E-state index contributed by atoms with van der Waals surface area (Å²) in [6, 6.07) is 0. The van der Waals surface area contributed by atoms with Crippen molar-refractivity contribution in [1.82, 2.24) is 4.98 Å². The maximum Gasteiger partial charge on any atom is 0.165 e. The van der Waals surface area contributed by atoms with Gasteiger partial charge in [0, 0.05) is 11.0 Å². The van der Waals surface area contributed by atoms with E-state index in [2.05, 4.69) is 4.98 Å². The molecule has 0 saturated carbocycles. The Hall–Kier alpha value is -0.305. The van der Waals surface area contributed by atoms with Crippen molar-refractivity contribution >= 4 is 24.8 Å². The molecule has 1 rings (SSSR count). The molecule has 0 aliphatic rings. The first-order valence-electron chi connectivity index (χ1n) is 1.74. The van der Waals surface area contributed by atoms with Gasteiger partial charge in [0.1, 0.15) is 0 Å². The molecule has 0 amide bonds. The summed E-state index contributed by atoms with van der Waals surface area (Å²) in [6.45, 7) is 0. The maximum atomic E-state index is 3.94. The molecule has 0 fully saturated rings. The van der Waals surface area contributed by atoms with Gasteiger partial charge in [0.15, 0.2) is 7.85 Å². The first-order chi connectivity index (χ1) is 2.89. The average molecular weight is 97.0 g/mol. The van der Waals surface area contributed by atoms with Gasteiger partial charge in [0.2, 0.25) is 0 Å². The highest BCUT2D eigenvalue weighted by Crippen LogP contribution is 1.82. The molecular formula is C3H4BNS. The van der Waals surface area contributed by atoms with E-state index in [4.69, 9.17) is 0 Å². The van der Waals surface area contributed by atoms with Gasteiger partial charge in [-0.2, -0.15) is 0 Å². The molecule has 0 aliphatic carbocycles. The van der Waals surface area contributed by atoms with Crippen molar-refractivity contribution in [3.8, 4) is 0 Å². The molecule has 0 radical (unpaired) electrons. The summed E-state index contributed by atoms with van der Waals surface area (Å²) in [5.74, 6) is 0. The Balaban J connectivity index is 3.05. The third-order valence-electron chi connectivity index (χ3n) is 0.556. The molecule has 1 heterocycles. The van der Waals surface area contributed by atoms with Crippen LogP contribution < -0.4 is 5.59 Å². The lowest BCUT2D eigenvalue weighted by atomic mass is 10.1. The van der Waals surface area contributed by atoms with Gasteiger partial charge in [-0.05, 0) is 0 Å². The highest BCUT2D eigenvalue weighted by Gasteiger charge is 1.76. The summed E-state index contributed by atoms with van der Waals surface area (Å²) in [5.41, 5.74) is 2.94. The first-order valence-corrected chi connectivity index (χ1v) is 2.68. The van der Waals surface area contributed by atoms with Crippen molar-refractivity contribution in [2.45, 2.75) is 0 Å². The van der Waals surface area contributed by atoms with Crippen LogP contribution in [0, 0.1) is 0 Å². The zero-order chi connectivity index (χ0) is 4.41. The minimum absolute atomic E-state index is 1.11. The lowest BCUT2D eigenvalue weighted by Crippen LogP contribution is -1.98. The van der Waals surface area contributed by atoms with Gasteiger partial charge >= 0.3 is 0 Å². The van der Waals surface area contributed by atoms with Crippen molar-refractivity contribution in [2.24, 2.45) is 0 Å². The molecule has 0 bridgehead atoms. The van der Waals surface area contributed by atoms with Crippen LogP contribution in [0.25, 0.3) is 0 Å². The number of nitrogens with zero attached hydrogens (tertiary/aromatic N) is 1. The third kappa shape index (κ3) is 0.599. The van der Waals surface area contributed by atoms with Crippen molar-refractivity contribution < 1.29 is 0 Å². The van der Waals surface area contributed by atoms with E-state index in [1.165, 1.54) is 0 Å². The van der Waals surface area contributed by atoms with Gasteiger partial charge in [-0.1, -0.05) is 0 Å². The van der Waals surface area contributed by atoms with E-state index < -0.39 is 0 Å². The quantitative estimate of drug-likeness (QED) is 0.394. The predicted molar refractivity (Wildman–Crippen MR) is 30.3 cm³/mol. The Labute approximate surface area is 41.4 Å². The van der Waals surface area contributed by atoms with Crippen LogP contribution in [0.5, 0.6) is 0 Å². The van der Waals surface area contributed by atoms with Gasteiger partial charge in [-0.3, -0.25) is 4.98 Å². The summed E-state index contributed by atoms with van der Waals surface area (Å²) in [5, 5.41) is 2.01. The average Bonchev–Trinajstić information content (AvgIpc) is 1.86. The van der Waals surface area contributed by atoms with Crippen molar-refractivity contribution in [2.75, 3.05) is 0 Å². The second-order valence-corrected chi connectivity index (χ2v) is 1.85. The molecule has 0 aromatic carbocycles. The number of aromatic nitrogens is 1. The van der Waals surface area contributed by atoms with Crippen LogP contribution >= 0.6 is 11.3 Å². The summed E-state index contributed by atoms with van der Waals surface area (Å²) >= 11 is 1.63. The third-order valence-corrected chi connectivity index (χ3v) is 1.26. The fraction of sp³-hybridized carbons (Fsp3) is 0. The standard InChI is InChI=1S/C3H4BNS/c4-3-1-6-2-5-3/h1-2H,4H2. The number of rotatable bonds is 0. The van der Waals surface area contributed by atoms with Crippen molar-refractivity contribution in [3.05, 3.63) is 10.9 Å². The van der Waals surface area contributed by atoms with Gasteiger partial charge < -0.3 is 0 Å². The van der Waals surface area contributed by atoms with E-state index in [0.29, 0.717) is 0 Å². The zero-order valence-electron chi connectivity index (χ0n) is 3.51. The Bertz CT molecular complexity index is 114. The van der Waals surface area contributed by atoms with E-state index in [1.807, 2.05) is 18.7 Å². The number of hydrogen-bond donors (Lipinski definition) is 0. The number of hydrogen-bond acceptors (Lipinski definition) is 2. The fourth-order valence-electron chi connectivity index (χ4n) is 0.273. The van der Waals surface area contributed by atoms with Crippen LogP contribution in [0.15, 0.2) is 10.9 Å². The Morgan fingerprint density at radius 2 is 2.67 bits per heavy atom. The summed E-state index contributed by atoms with van der Waals surface area (Å²) < 4.78 is 0. The van der Waals surface area contributed by atoms with Gasteiger partial charge in [-0.25, -0.2) is 0 Å². The van der Waals surface area contributed by atoms with Crippen LogP contribution in [-0.4, -0.2) is 12.8 Å². The number of thiazole rings is 1. The highest BCUT2D eigenvalue weighted by molar-refractivity contribution is 7.08. The van der Waals surface area contributed by atoms with Gasteiger partial charge in [0.05, 0.1) is 5.51 Å². The van der Waals surface area contributed by atoms with E-state index in [1.54, 1.807) is 11.3 Å². The van der Waals surface area contributed by atoms with Crippen LogP contribution in [0.3, 0.4) is 0 Å². The predicted octanol–water partition coefficient (Wildman–Crippen LogP) is -0.599. The Morgan fingerprint density at radius 1 is 1.83 bits per heavy atom. The molecule has 0 unspecified atom stereocenters. The van der Waals surface area contributed by atoms with Crippen molar-refractivity contribution in [1.29, 1.82) is 0 Å². The van der Waals surface area contributed by atoms with Crippen LogP contribution in [0.2, 0.25) is 0 Å². The summed E-state index contributed by atoms with van der Waals surface area (Å²) in [4.78, 5) is 3.94. The first kappa shape index (κ1) is 3.87. The van der Waals surface area contributed by atoms with E-state index in [0.717, 1.165) is 5.59 Å². The fourth-order valence-corrected chi connectivity index (χ4v) is 0.819. The molecule has 0 saturated heterocycles. The monoisotopic (exact) mass is 97.0 g/mol. The van der Waals surface area contributed by atoms with Gasteiger partial charge in [-0.15, -0.1) is 11.3 Å². The molecule has 1 aromatic rings. The van der Waals surface area contributed by atoms with Crippen LogP contribution in [0.4, 0.5) is 0 Å².